The molecule has 1 aliphatic rings. The predicted octanol–water partition coefficient (Wildman–Crippen LogP) is 2.89. The molecule has 0 atom stereocenters. The lowest BCUT2D eigenvalue weighted by atomic mass is 10.1. The summed E-state index contributed by atoms with van der Waals surface area (Å²) in [6.07, 6.45) is 6.70. The molecule has 0 heterocycles. The molecule has 2 nitrogen and oxygen atoms in total. The molecular formula is C16H23NO. The van der Waals surface area contributed by atoms with Crippen LogP contribution in [0.4, 0.5) is 0 Å². The highest BCUT2D eigenvalue weighted by Gasteiger charge is 2.15. The smallest absolute Gasteiger partial charge is 0.150 e. The van der Waals surface area contributed by atoms with E-state index in [1.807, 2.05) is 0 Å². The molecule has 0 bridgehead atoms. The Hall–Kier alpha value is -1.15. The van der Waals surface area contributed by atoms with Gasteiger partial charge in [0, 0.05) is 12.5 Å². The van der Waals surface area contributed by atoms with E-state index in [1.165, 1.54) is 31.2 Å². The number of hydrogen-bond acceptors (Lipinski definition) is 2. The Kier molecular flexibility index (Phi) is 4.94. The normalized spacial score (nSPS) is 16.1. The van der Waals surface area contributed by atoms with Gasteiger partial charge in [-0.05, 0) is 30.4 Å². The van der Waals surface area contributed by atoms with Gasteiger partial charge >= 0.3 is 0 Å². The fourth-order valence-electron chi connectivity index (χ4n) is 2.57. The van der Waals surface area contributed by atoms with Gasteiger partial charge in [-0.25, -0.2) is 0 Å². The van der Waals surface area contributed by atoms with E-state index >= 15 is 0 Å². The molecule has 0 saturated heterocycles. The second-order valence-corrected chi connectivity index (χ2v) is 5.25. The number of rotatable bonds is 6. The minimum Gasteiger partial charge on any atom is -0.307 e. The largest absolute Gasteiger partial charge is 0.307 e. The van der Waals surface area contributed by atoms with Gasteiger partial charge in [0.05, 0.1) is 6.54 Å². The van der Waals surface area contributed by atoms with Crippen LogP contribution in [-0.2, 0) is 17.6 Å². The maximum atomic E-state index is 11.9. The molecule has 2 heteroatoms. The van der Waals surface area contributed by atoms with E-state index in [1.54, 1.807) is 0 Å². The van der Waals surface area contributed by atoms with Crippen LogP contribution < -0.4 is 5.32 Å². The topological polar surface area (TPSA) is 29.1 Å². The molecule has 1 N–H and O–H groups in total. The first-order valence-corrected chi connectivity index (χ1v) is 7.11. The maximum absolute atomic E-state index is 11.9. The molecule has 1 aromatic carbocycles. The third kappa shape index (κ3) is 3.95. The lowest BCUT2D eigenvalue weighted by Crippen LogP contribution is -2.32. The zero-order valence-corrected chi connectivity index (χ0v) is 11.2. The Morgan fingerprint density at radius 1 is 1.17 bits per heavy atom. The van der Waals surface area contributed by atoms with E-state index in [9.17, 15) is 4.79 Å². The van der Waals surface area contributed by atoms with E-state index in [2.05, 4.69) is 36.5 Å². The van der Waals surface area contributed by atoms with Gasteiger partial charge in [-0.15, -0.1) is 0 Å². The monoisotopic (exact) mass is 245 g/mol. The Morgan fingerprint density at radius 3 is 2.39 bits per heavy atom. The molecule has 0 aliphatic heterocycles. The third-order valence-corrected chi connectivity index (χ3v) is 3.78. The lowest BCUT2D eigenvalue weighted by molar-refractivity contribution is -0.117. The number of benzene rings is 1. The highest BCUT2D eigenvalue weighted by atomic mass is 16.1. The third-order valence-electron chi connectivity index (χ3n) is 3.78. The number of aryl methyl sites for hydroxylation is 1. The minimum absolute atomic E-state index is 0.297. The fraction of sp³-hybridized carbons (Fsp3) is 0.562. The standard InChI is InChI=1S/C16H23NO/c1-2-13-7-9-14(10-8-13)11-16(18)12-17-15-5-3-4-6-15/h7-10,15,17H,2-6,11-12H2,1H3. The Morgan fingerprint density at radius 2 is 1.78 bits per heavy atom. The molecule has 1 aromatic rings. The van der Waals surface area contributed by atoms with E-state index in [0.717, 1.165) is 12.0 Å². The molecule has 0 spiro atoms. The van der Waals surface area contributed by atoms with E-state index < -0.39 is 0 Å². The van der Waals surface area contributed by atoms with Gasteiger partial charge in [0.15, 0.2) is 5.78 Å². The van der Waals surface area contributed by atoms with E-state index in [-0.39, 0.29) is 0 Å². The van der Waals surface area contributed by atoms with Crippen LogP contribution in [-0.4, -0.2) is 18.4 Å². The molecule has 0 amide bonds. The predicted molar refractivity (Wildman–Crippen MR) is 74.8 cm³/mol. The van der Waals surface area contributed by atoms with Gasteiger partial charge in [0.2, 0.25) is 0 Å². The van der Waals surface area contributed by atoms with Gasteiger partial charge in [-0.3, -0.25) is 4.79 Å². The van der Waals surface area contributed by atoms with Crippen molar-refractivity contribution in [1.29, 1.82) is 0 Å². The second kappa shape index (κ2) is 6.69. The van der Waals surface area contributed by atoms with Crippen molar-refractivity contribution in [2.24, 2.45) is 0 Å². The van der Waals surface area contributed by atoms with Gasteiger partial charge in [0.1, 0.15) is 0 Å². The molecule has 0 aromatic heterocycles. The molecule has 0 unspecified atom stereocenters. The Bertz CT molecular complexity index is 377. The van der Waals surface area contributed by atoms with Gasteiger partial charge in [-0.2, -0.15) is 0 Å². The van der Waals surface area contributed by atoms with Gasteiger partial charge in [-0.1, -0.05) is 44.0 Å². The maximum Gasteiger partial charge on any atom is 0.150 e. The summed E-state index contributed by atoms with van der Waals surface area (Å²) in [6, 6.07) is 8.97. The number of carbonyl (C=O) groups is 1. The number of Topliss-reactive ketones (excluding diaryl/α,β-unsaturated/α-hetero) is 1. The van der Waals surface area contributed by atoms with Crippen LogP contribution in [0, 0.1) is 0 Å². The summed E-state index contributed by atoms with van der Waals surface area (Å²) in [7, 11) is 0. The molecule has 1 fully saturated rings. The zero-order valence-electron chi connectivity index (χ0n) is 11.2. The van der Waals surface area contributed by atoms with Crippen LogP contribution in [0.3, 0.4) is 0 Å². The summed E-state index contributed by atoms with van der Waals surface area (Å²) in [5, 5.41) is 3.37. The summed E-state index contributed by atoms with van der Waals surface area (Å²) < 4.78 is 0. The Balaban J connectivity index is 1.75. The Labute approximate surface area is 110 Å². The van der Waals surface area contributed by atoms with Gasteiger partial charge in [0.25, 0.3) is 0 Å². The van der Waals surface area contributed by atoms with E-state index in [0.29, 0.717) is 24.8 Å². The van der Waals surface area contributed by atoms with Crippen LogP contribution in [0.2, 0.25) is 0 Å². The summed E-state index contributed by atoms with van der Waals surface area (Å²) in [4.78, 5) is 11.9. The van der Waals surface area contributed by atoms with Crippen molar-refractivity contribution < 1.29 is 4.79 Å². The number of nitrogens with one attached hydrogen (secondary N) is 1. The van der Waals surface area contributed by atoms with Crippen molar-refractivity contribution in [2.75, 3.05) is 6.54 Å². The van der Waals surface area contributed by atoms with Crippen molar-refractivity contribution in [3.8, 4) is 0 Å². The summed E-state index contributed by atoms with van der Waals surface area (Å²) in [5.41, 5.74) is 2.46. The number of carbonyl (C=O) groups excluding carboxylic acids is 1. The molecule has 18 heavy (non-hydrogen) atoms. The van der Waals surface area contributed by atoms with Crippen LogP contribution in [0.15, 0.2) is 24.3 Å². The lowest BCUT2D eigenvalue weighted by Gasteiger charge is -2.10. The first kappa shape index (κ1) is 13.3. The van der Waals surface area contributed by atoms with Crippen molar-refractivity contribution >= 4 is 5.78 Å². The molecular weight excluding hydrogens is 222 g/mol. The number of ketones is 1. The van der Waals surface area contributed by atoms with Crippen LogP contribution >= 0.6 is 0 Å². The van der Waals surface area contributed by atoms with E-state index in [4.69, 9.17) is 0 Å². The van der Waals surface area contributed by atoms with Crippen molar-refractivity contribution in [3.63, 3.8) is 0 Å². The van der Waals surface area contributed by atoms with Crippen LogP contribution in [0.5, 0.6) is 0 Å². The number of hydrogen-bond donors (Lipinski definition) is 1. The highest BCUT2D eigenvalue weighted by Crippen LogP contribution is 2.17. The summed E-state index contributed by atoms with van der Waals surface area (Å²) >= 11 is 0. The summed E-state index contributed by atoms with van der Waals surface area (Å²) in [6.45, 7) is 2.67. The second-order valence-electron chi connectivity index (χ2n) is 5.25. The zero-order chi connectivity index (χ0) is 12.8. The quantitative estimate of drug-likeness (QED) is 0.835. The SMILES string of the molecule is CCc1ccc(CC(=O)CNC2CCCC2)cc1. The first-order chi connectivity index (χ1) is 8.78. The van der Waals surface area contributed by atoms with Crippen molar-refractivity contribution in [2.45, 2.75) is 51.5 Å². The van der Waals surface area contributed by atoms with Crippen molar-refractivity contribution in [1.82, 2.24) is 5.32 Å². The first-order valence-electron chi connectivity index (χ1n) is 7.11. The molecule has 2 rings (SSSR count). The molecule has 1 saturated carbocycles. The van der Waals surface area contributed by atoms with Crippen molar-refractivity contribution in [3.05, 3.63) is 35.4 Å². The van der Waals surface area contributed by atoms with Gasteiger partial charge < -0.3 is 5.32 Å². The average Bonchev–Trinajstić information content (AvgIpc) is 2.90. The minimum atomic E-state index is 0.297. The van der Waals surface area contributed by atoms with Crippen LogP contribution in [0.1, 0.15) is 43.7 Å². The summed E-state index contributed by atoms with van der Waals surface area (Å²) in [5.74, 6) is 0.297. The molecule has 1 aliphatic carbocycles. The average molecular weight is 245 g/mol. The molecule has 98 valence electrons. The molecule has 0 radical (unpaired) electrons. The van der Waals surface area contributed by atoms with Crippen LogP contribution in [0.25, 0.3) is 0 Å². The highest BCUT2D eigenvalue weighted by molar-refractivity contribution is 5.82. The fourth-order valence-corrected chi connectivity index (χ4v) is 2.57.